The fraction of sp³-hybridized carbons (Fsp3) is 0.571. The molecule has 94 valence electrons. The molecule has 17 heavy (non-hydrogen) atoms. The Labute approximate surface area is 104 Å². The highest BCUT2D eigenvalue weighted by Gasteiger charge is 2.21. The van der Waals surface area contributed by atoms with Crippen LogP contribution in [-0.4, -0.2) is 54.2 Å². The molecule has 1 atom stereocenters. The lowest BCUT2D eigenvalue weighted by atomic mass is 10.2. The van der Waals surface area contributed by atoms with Crippen molar-refractivity contribution in [3.8, 4) is 0 Å². The number of aliphatic hydroxyl groups is 1. The standard InChI is InChI=1S/C14H22N2O/c1-15-8-5-9-16(11-14(15)12-17)10-13-6-3-2-4-7-13/h2-4,6-7,14,17H,5,8-12H2,1H3. The Hall–Kier alpha value is -0.900. The molecule has 1 aromatic carbocycles. The average Bonchev–Trinajstić information content (AvgIpc) is 2.52. The molecule has 0 aromatic heterocycles. The second kappa shape index (κ2) is 6.15. The second-order valence-electron chi connectivity index (χ2n) is 4.89. The lowest BCUT2D eigenvalue weighted by Crippen LogP contribution is -2.41. The molecule has 1 heterocycles. The number of hydrogen-bond acceptors (Lipinski definition) is 3. The smallest absolute Gasteiger partial charge is 0.0599 e. The summed E-state index contributed by atoms with van der Waals surface area (Å²) in [5, 5.41) is 9.40. The lowest BCUT2D eigenvalue weighted by molar-refractivity contribution is 0.129. The molecule has 0 spiro atoms. The van der Waals surface area contributed by atoms with E-state index in [9.17, 15) is 5.11 Å². The number of hydrogen-bond donors (Lipinski definition) is 1. The lowest BCUT2D eigenvalue weighted by Gasteiger charge is -2.27. The number of aliphatic hydroxyl groups excluding tert-OH is 1. The predicted molar refractivity (Wildman–Crippen MR) is 69.8 cm³/mol. The summed E-state index contributed by atoms with van der Waals surface area (Å²) in [4.78, 5) is 4.71. The van der Waals surface area contributed by atoms with E-state index in [4.69, 9.17) is 0 Å². The largest absolute Gasteiger partial charge is 0.395 e. The Morgan fingerprint density at radius 2 is 2.00 bits per heavy atom. The van der Waals surface area contributed by atoms with Crippen LogP contribution in [0, 0.1) is 0 Å². The van der Waals surface area contributed by atoms with Gasteiger partial charge in [0.1, 0.15) is 0 Å². The maximum Gasteiger partial charge on any atom is 0.0599 e. The van der Waals surface area contributed by atoms with E-state index < -0.39 is 0 Å². The summed E-state index contributed by atoms with van der Waals surface area (Å²) in [5.41, 5.74) is 1.36. The molecular formula is C14H22N2O. The van der Waals surface area contributed by atoms with Gasteiger partial charge in [0.25, 0.3) is 0 Å². The molecule has 1 aliphatic rings. The Morgan fingerprint density at radius 3 is 2.71 bits per heavy atom. The van der Waals surface area contributed by atoms with Gasteiger partial charge >= 0.3 is 0 Å². The van der Waals surface area contributed by atoms with Crippen LogP contribution in [0.4, 0.5) is 0 Å². The van der Waals surface area contributed by atoms with Crippen LogP contribution < -0.4 is 0 Å². The van der Waals surface area contributed by atoms with E-state index in [1.807, 2.05) is 0 Å². The van der Waals surface area contributed by atoms with E-state index in [0.717, 1.165) is 26.2 Å². The molecule has 1 fully saturated rings. The summed E-state index contributed by atoms with van der Waals surface area (Å²) in [7, 11) is 2.10. The topological polar surface area (TPSA) is 26.7 Å². The summed E-state index contributed by atoms with van der Waals surface area (Å²) < 4.78 is 0. The first-order chi connectivity index (χ1) is 8.29. The molecule has 0 radical (unpaired) electrons. The SMILES string of the molecule is CN1CCCN(Cc2ccccc2)CC1CO. The van der Waals surface area contributed by atoms with Crippen LogP contribution in [0.3, 0.4) is 0 Å². The summed E-state index contributed by atoms with van der Waals surface area (Å²) in [6.07, 6.45) is 1.18. The molecule has 0 amide bonds. The van der Waals surface area contributed by atoms with Gasteiger partial charge in [0.2, 0.25) is 0 Å². The predicted octanol–water partition coefficient (Wildman–Crippen LogP) is 1.18. The van der Waals surface area contributed by atoms with E-state index in [1.165, 1.54) is 12.0 Å². The van der Waals surface area contributed by atoms with E-state index in [1.54, 1.807) is 0 Å². The molecule has 0 saturated carbocycles. The van der Waals surface area contributed by atoms with Crippen molar-refractivity contribution in [2.45, 2.75) is 19.0 Å². The Kier molecular flexibility index (Phi) is 4.54. The highest BCUT2D eigenvalue weighted by molar-refractivity contribution is 5.14. The van der Waals surface area contributed by atoms with Gasteiger partial charge in [-0.25, -0.2) is 0 Å². The Balaban J connectivity index is 1.96. The molecule has 1 aromatic rings. The number of rotatable bonds is 3. The molecule has 1 saturated heterocycles. The van der Waals surface area contributed by atoms with Crippen molar-refractivity contribution in [1.29, 1.82) is 0 Å². The van der Waals surface area contributed by atoms with Crippen LogP contribution in [0.15, 0.2) is 30.3 Å². The van der Waals surface area contributed by atoms with Gasteiger partial charge in [-0.15, -0.1) is 0 Å². The van der Waals surface area contributed by atoms with Crippen LogP contribution >= 0.6 is 0 Å². The van der Waals surface area contributed by atoms with Crippen molar-refractivity contribution in [3.63, 3.8) is 0 Å². The molecule has 3 heteroatoms. The third-order valence-electron chi connectivity index (χ3n) is 3.54. The third-order valence-corrected chi connectivity index (χ3v) is 3.54. The van der Waals surface area contributed by atoms with Crippen molar-refractivity contribution < 1.29 is 5.11 Å². The summed E-state index contributed by atoms with van der Waals surface area (Å²) in [5.74, 6) is 0. The average molecular weight is 234 g/mol. The fourth-order valence-electron chi connectivity index (χ4n) is 2.44. The van der Waals surface area contributed by atoms with Crippen LogP contribution in [0.5, 0.6) is 0 Å². The fourth-order valence-corrected chi connectivity index (χ4v) is 2.44. The van der Waals surface area contributed by atoms with Crippen molar-refractivity contribution in [3.05, 3.63) is 35.9 Å². The van der Waals surface area contributed by atoms with Crippen molar-refractivity contribution in [2.75, 3.05) is 33.3 Å². The minimum atomic E-state index is 0.252. The molecule has 0 aliphatic carbocycles. The van der Waals surface area contributed by atoms with Crippen LogP contribution in [-0.2, 0) is 6.54 Å². The normalized spacial score (nSPS) is 23.5. The maximum atomic E-state index is 9.40. The van der Waals surface area contributed by atoms with E-state index in [-0.39, 0.29) is 12.6 Å². The number of nitrogens with zero attached hydrogens (tertiary/aromatic N) is 2. The second-order valence-corrected chi connectivity index (χ2v) is 4.89. The number of likely N-dealkylation sites (N-methyl/N-ethyl adjacent to an activating group) is 1. The third kappa shape index (κ3) is 3.53. The van der Waals surface area contributed by atoms with Gasteiger partial charge in [-0.05, 0) is 32.1 Å². The van der Waals surface area contributed by atoms with Crippen molar-refractivity contribution >= 4 is 0 Å². The molecule has 1 aliphatic heterocycles. The summed E-state index contributed by atoms with van der Waals surface area (Å²) in [6.45, 7) is 4.40. The first-order valence-electron chi connectivity index (χ1n) is 6.37. The van der Waals surface area contributed by atoms with Gasteiger partial charge in [0.05, 0.1) is 6.61 Å². The molecule has 3 nitrogen and oxygen atoms in total. The molecule has 1 N–H and O–H groups in total. The summed E-state index contributed by atoms with van der Waals surface area (Å²) >= 11 is 0. The van der Waals surface area contributed by atoms with Crippen LogP contribution in [0.1, 0.15) is 12.0 Å². The van der Waals surface area contributed by atoms with E-state index in [0.29, 0.717) is 0 Å². The highest BCUT2D eigenvalue weighted by Crippen LogP contribution is 2.11. The van der Waals surface area contributed by atoms with Crippen molar-refractivity contribution in [2.24, 2.45) is 0 Å². The zero-order chi connectivity index (χ0) is 12.1. The Morgan fingerprint density at radius 1 is 1.24 bits per heavy atom. The molecule has 2 rings (SSSR count). The molecule has 0 bridgehead atoms. The quantitative estimate of drug-likeness (QED) is 0.851. The zero-order valence-electron chi connectivity index (χ0n) is 10.5. The van der Waals surface area contributed by atoms with Gasteiger partial charge in [0, 0.05) is 19.1 Å². The minimum Gasteiger partial charge on any atom is -0.395 e. The first kappa shape index (κ1) is 12.6. The Bertz CT molecular complexity index is 328. The molecule has 1 unspecified atom stereocenters. The van der Waals surface area contributed by atoms with E-state index >= 15 is 0 Å². The van der Waals surface area contributed by atoms with Gasteiger partial charge < -0.3 is 5.11 Å². The number of benzene rings is 1. The maximum absolute atomic E-state index is 9.40. The van der Waals surface area contributed by atoms with Crippen LogP contribution in [0.25, 0.3) is 0 Å². The van der Waals surface area contributed by atoms with Gasteiger partial charge in [0.15, 0.2) is 0 Å². The van der Waals surface area contributed by atoms with E-state index in [2.05, 4.69) is 47.2 Å². The van der Waals surface area contributed by atoms with Crippen LogP contribution in [0.2, 0.25) is 0 Å². The van der Waals surface area contributed by atoms with Gasteiger partial charge in [-0.2, -0.15) is 0 Å². The van der Waals surface area contributed by atoms with Crippen molar-refractivity contribution in [1.82, 2.24) is 9.80 Å². The first-order valence-corrected chi connectivity index (χ1v) is 6.37. The zero-order valence-corrected chi connectivity index (χ0v) is 10.5. The van der Waals surface area contributed by atoms with Gasteiger partial charge in [-0.1, -0.05) is 30.3 Å². The summed E-state index contributed by atoms with van der Waals surface area (Å²) in [6, 6.07) is 10.8. The molecular weight excluding hydrogens is 212 g/mol. The minimum absolute atomic E-state index is 0.252. The monoisotopic (exact) mass is 234 g/mol. The highest BCUT2D eigenvalue weighted by atomic mass is 16.3. The van der Waals surface area contributed by atoms with Gasteiger partial charge in [-0.3, -0.25) is 9.80 Å².